The molecule has 0 aliphatic carbocycles. The van der Waals surface area contributed by atoms with Crippen LogP contribution in [0.2, 0.25) is 0 Å². The van der Waals surface area contributed by atoms with Crippen LogP contribution in [0, 0.1) is 5.82 Å². The highest BCUT2D eigenvalue weighted by molar-refractivity contribution is 9.10. The van der Waals surface area contributed by atoms with Crippen LogP contribution in [0.4, 0.5) is 4.39 Å². The molecular formula is C9H8BrFO3. The predicted molar refractivity (Wildman–Crippen MR) is 51.1 cm³/mol. The molecule has 1 rings (SSSR count). The maximum absolute atomic E-state index is 12.7. The fraction of sp³-hybridized carbons (Fsp3) is 0.222. The van der Waals surface area contributed by atoms with Crippen LogP contribution in [0.3, 0.4) is 0 Å². The number of carbonyl (C=O) groups is 1. The number of benzene rings is 1. The number of carbonyl (C=O) groups excluding carboxylic acids is 1. The number of ether oxygens (including phenoxy) is 1. The number of aliphatic hydroxyl groups is 1. The Labute approximate surface area is 88.6 Å². The van der Waals surface area contributed by atoms with Gasteiger partial charge >= 0.3 is 5.97 Å². The van der Waals surface area contributed by atoms with Crippen molar-refractivity contribution in [2.45, 2.75) is 6.10 Å². The van der Waals surface area contributed by atoms with Crippen LogP contribution >= 0.6 is 15.9 Å². The normalized spacial score (nSPS) is 12.3. The molecule has 0 unspecified atom stereocenters. The molecule has 0 radical (unpaired) electrons. The van der Waals surface area contributed by atoms with Crippen molar-refractivity contribution in [1.82, 2.24) is 0 Å². The summed E-state index contributed by atoms with van der Waals surface area (Å²) in [5.74, 6) is -1.23. The van der Waals surface area contributed by atoms with Gasteiger partial charge in [-0.05, 0) is 12.1 Å². The fourth-order valence-corrected chi connectivity index (χ4v) is 1.53. The highest BCUT2D eigenvalue weighted by Gasteiger charge is 2.20. The Bertz CT molecular complexity index is 354. The zero-order valence-electron chi connectivity index (χ0n) is 7.33. The van der Waals surface area contributed by atoms with Crippen molar-refractivity contribution >= 4 is 21.9 Å². The minimum absolute atomic E-state index is 0.276. The van der Waals surface area contributed by atoms with Crippen LogP contribution in [0.15, 0.2) is 22.7 Å². The third-order valence-corrected chi connectivity index (χ3v) is 2.37. The maximum Gasteiger partial charge on any atom is 0.339 e. The van der Waals surface area contributed by atoms with E-state index in [4.69, 9.17) is 0 Å². The summed E-state index contributed by atoms with van der Waals surface area (Å²) in [6.07, 6.45) is -1.39. The molecule has 0 bridgehead atoms. The van der Waals surface area contributed by atoms with Crippen LogP contribution in [0.5, 0.6) is 0 Å². The van der Waals surface area contributed by atoms with E-state index in [1.807, 2.05) is 0 Å². The first-order chi connectivity index (χ1) is 6.56. The Morgan fingerprint density at radius 2 is 2.29 bits per heavy atom. The molecule has 1 aromatic rings. The molecule has 0 aliphatic heterocycles. The number of hydrogen-bond acceptors (Lipinski definition) is 3. The molecule has 76 valence electrons. The first-order valence-electron chi connectivity index (χ1n) is 3.77. The van der Waals surface area contributed by atoms with E-state index in [-0.39, 0.29) is 5.56 Å². The van der Waals surface area contributed by atoms with Gasteiger partial charge in [0.15, 0.2) is 6.10 Å². The zero-order valence-corrected chi connectivity index (χ0v) is 8.92. The van der Waals surface area contributed by atoms with Crippen LogP contribution in [-0.4, -0.2) is 18.2 Å². The third-order valence-electron chi connectivity index (χ3n) is 1.68. The number of aliphatic hydroxyl groups excluding tert-OH is 1. The molecular weight excluding hydrogens is 255 g/mol. The second kappa shape index (κ2) is 4.52. The molecule has 1 N–H and O–H groups in total. The molecule has 3 nitrogen and oxygen atoms in total. The topological polar surface area (TPSA) is 46.5 Å². The molecule has 14 heavy (non-hydrogen) atoms. The molecule has 0 spiro atoms. The van der Waals surface area contributed by atoms with Gasteiger partial charge in [0.25, 0.3) is 0 Å². The van der Waals surface area contributed by atoms with Gasteiger partial charge < -0.3 is 9.84 Å². The van der Waals surface area contributed by atoms with Crippen LogP contribution < -0.4 is 0 Å². The molecule has 0 saturated carbocycles. The molecule has 1 atom stereocenters. The van der Waals surface area contributed by atoms with Gasteiger partial charge in [-0.25, -0.2) is 9.18 Å². The van der Waals surface area contributed by atoms with Crippen molar-refractivity contribution < 1.29 is 19.0 Å². The number of esters is 1. The van der Waals surface area contributed by atoms with Gasteiger partial charge in [-0.1, -0.05) is 22.0 Å². The lowest BCUT2D eigenvalue weighted by Gasteiger charge is -2.10. The molecule has 0 aromatic heterocycles. The van der Waals surface area contributed by atoms with Crippen molar-refractivity contribution in [3.05, 3.63) is 34.1 Å². The van der Waals surface area contributed by atoms with Crippen LogP contribution in [0.1, 0.15) is 11.7 Å². The summed E-state index contributed by atoms with van der Waals surface area (Å²) in [4.78, 5) is 11.0. The van der Waals surface area contributed by atoms with E-state index in [9.17, 15) is 14.3 Å². The van der Waals surface area contributed by atoms with E-state index in [1.54, 1.807) is 0 Å². The number of methoxy groups -OCH3 is 1. The van der Waals surface area contributed by atoms with E-state index in [0.29, 0.717) is 4.47 Å². The summed E-state index contributed by atoms with van der Waals surface area (Å²) in [5, 5.41) is 9.43. The van der Waals surface area contributed by atoms with Gasteiger partial charge in [0.05, 0.1) is 7.11 Å². The van der Waals surface area contributed by atoms with E-state index >= 15 is 0 Å². The summed E-state index contributed by atoms with van der Waals surface area (Å²) in [6.45, 7) is 0. The molecule has 1 aromatic carbocycles. The third kappa shape index (κ3) is 2.30. The van der Waals surface area contributed by atoms with Gasteiger partial charge in [0.2, 0.25) is 0 Å². The average molecular weight is 263 g/mol. The SMILES string of the molecule is COC(=O)[C@H](O)c1ccc(F)cc1Br. The Morgan fingerprint density at radius 3 is 2.79 bits per heavy atom. The summed E-state index contributed by atoms with van der Waals surface area (Å²) >= 11 is 3.04. The van der Waals surface area contributed by atoms with Gasteiger partial charge in [0.1, 0.15) is 5.82 Å². The van der Waals surface area contributed by atoms with Crippen molar-refractivity contribution in [1.29, 1.82) is 0 Å². The minimum Gasteiger partial charge on any atom is -0.467 e. The highest BCUT2D eigenvalue weighted by Crippen LogP contribution is 2.24. The molecule has 5 heteroatoms. The van der Waals surface area contributed by atoms with Gasteiger partial charge in [-0.15, -0.1) is 0 Å². The van der Waals surface area contributed by atoms with Gasteiger partial charge in [0, 0.05) is 10.0 Å². The van der Waals surface area contributed by atoms with Crippen LogP contribution in [0.25, 0.3) is 0 Å². The lowest BCUT2D eigenvalue weighted by Crippen LogP contribution is -2.13. The van der Waals surface area contributed by atoms with Gasteiger partial charge in [-0.2, -0.15) is 0 Å². The van der Waals surface area contributed by atoms with Crippen molar-refractivity contribution in [2.24, 2.45) is 0 Å². The second-order valence-electron chi connectivity index (χ2n) is 2.59. The quantitative estimate of drug-likeness (QED) is 0.827. The molecule has 0 heterocycles. The standard InChI is InChI=1S/C9H8BrFO3/c1-14-9(13)8(12)6-3-2-5(11)4-7(6)10/h2-4,8,12H,1H3/t8-/m1/s1. The highest BCUT2D eigenvalue weighted by atomic mass is 79.9. The number of hydrogen-bond donors (Lipinski definition) is 1. The Kier molecular flexibility index (Phi) is 3.60. The van der Waals surface area contributed by atoms with Crippen molar-refractivity contribution in [3.8, 4) is 0 Å². The minimum atomic E-state index is -1.39. The van der Waals surface area contributed by atoms with Gasteiger partial charge in [-0.3, -0.25) is 0 Å². The molecule has 0 aliphatic rings. The lowest BCUT2D eigenvalue weighted by molar-refractivity contribution is -0.150. The van der Waals surface area contributed by atoms with Crippen molar-refractivity contribution in [3.63, 3.8) is 0 Å². The lowest BCUT2D eigenvalue weighted by atomic mass is 10.1. The Morgan fingerprint density at radius 1 is 1.64 bits per heavy atom. The molecule has 0 saturated heterocycles. The maximum atomic E-state index is 12.7. The Balaban J connectivity index is 3.01. The number of rotatable bonds is 2. The Hall–Kier alpha value is -0.940. The van der Waals surface area contributed by atoms with E-state index < -0.39 is 17.9 Å². The smallest absolute Gasteiger partial charge is 0.339 e. The summed E-state index contributed by atoms with van der Waals surface area (Å²) < 4.78 is 17.3. The van der Waals surface area contributed by atoms with Crippen LogP contribution in [-0.2, 0) is 9.53 Å². The monoisotopic (exact) mass is 262 g/mol. The van der Waals surface area contributed by atoms with E-state index in [0.717, 1.165) is 6.07 Å². The predicted octanol–water partition coefficient (Wildman–Crippen LogP) is 1.79. The molecule has 0 fully saturated rings. The largest absolute Gasteiger partial charge is 0.467 e. The summed E-state index contributed by atoms with van der Waals surface area (Å²) in [7, 11) is 1.17. The second-order valence-corrected chi connectivity index (χ2v) is 3.45. The average Bonchev–Trinajstić information content (AvgIpc) is 2.15. The summed E-state index contributed by atoms with van der Waals surface area (Å²) in [6, 6.07) is 3.65. The molecule has 0 amide bonds. The fourth-order valence-electron chi connectivity index (χ4n) is 0.962. The number of halogens is 2. The summed E-state index contributed by atoms with van der Waals surface area (Å²) in [5.41, 5.74) is 0.276. The zero-order chi connectivity index (χ0) is 10.7. The first kappa shape index (κ1) is 11.1. The van der Waals surface area contributed by atoms with Crippen molar-refractivity contribution in [2.75, 3.05) is 7.11 Å². The van der Waals surface area contributed by atoms with E-state index in [1.165, 1.54) is 19.2 Å². The van der Waals surface area contributed by atoms with E-state index in [2.05, 4.69) is 20.7 Å². The first-order valence-corrected chi connectivity index (χ1v) is 4.56.